The zero-order valence-electron chi connectivity index (χ0n) is 14.1. The Morgan fingerprint density at radius 2 is 2.25 bits per heavy atom. The molecule has 8 nitrogen and oxygen atoms in total. The number of aryl methyl sites for hydroxylation is 2. The molecule has 3 rings (SSSR count). The van der Waals surface area contributed by atoms with Crippen molar-refractivity contribution in [2.24, 2.45) is 5.92 Å². The molecule has 2 aromatic heterocycles. The fourth-order valence-corrected chi connectivity index (χ4v) is 3.00. The van der Waals surface area contributed by atoms with Gasteiger partial charge in [0.1, 0.15) is 5.82 Å². The van der Waals surface area contributed by atoms with Gasteiger partial charge in [0.15, 0.2) is 5.82 Å². The molecule has 0 atom stereocenters. The van der Waals surface area contributed by atoms with E-state index in [4.69, 9.17) is 0 Å². The lowest BCUT2D eigenvalue weighted by molar-refractivity contribution is -0.121. The van der Waals surface area contributed by atoms with Gasteiger partial charge in [-0.05, 0) is 44.8 Å². The van der Waals surface area contributed by atoms with Gasteiger partial charge < -0.3 is 5.32 Å². The van der Waals surface area contributed by atoms with Gasteiger partial charge in [-0.3, -0.25) is 19.5 Å². The van der Waals surface area contributed by atoms with Crippen LogP contribution in [0.1, 0.15) is 30.9 Å². The molecule has 0 spiro atoms. The zero-order chi connectivity index (χ0) is 16.8. The molecule has 2 aromatic rings. The van der Waals surface area contributed by atoms with E-state index in [9.17, 15) is 4.79 Å². The molecule has 1 aliphatic heterocycles. The first-order valence-corrected chi connectivity index (χ1v) is 8.53. The fraction of sp³-hybridized carbons (Fsp3) is 0.625. The average Bonchev–Trinajstić information content (AvgIpc) is 3.24. The molecule has 24 heavy (non-hydrogen) atoms. The first kappa shape index (κ1) is 16.6. The van der Waals surface area contributed by atoms with Crippen LogP contribution in [0.4, 0.5) is 0 Å². The maximum atomic E-state index is 11.9. The van der Waals surface area contributed by atoms with Crippen molar-refractivity contribution in [3.05, 3.63) is 30.1 Å². The van der Waals surface area contributed by atoms with E-state index in [1.165, 1.54) is 0 Å². The minimum absolute atomic E-state index is 0.101. The van der Waals surface area contributed by atoms with E-state index < -0.39 is 0 Å². The number of amides is 1. The number of likely N-dealkylation sites (tertiary alicyclic amines) is 1. The summed E-state index contributed by atoms with van der Waals surface area (Å²) in [4.78, 5) is 18.6. The quantitative estimate of drug-likeness (QED) is 0.780. The van der Waals surface area contributed by atoms with Crippen LogP contribution in [-0.2, 0) is 17.9 Å². The van der Waals surface area contributed by atoms with Crippen molar-refractivity contribution in [1.82, 2.24) is 35.2 Å². The van der Waals surface area contributed by atoms with Crippen molar-refractivity contribution < 1.29 is 4.79 Å². The van der Waals surface area contributed by atoms with E-state index in [-0.39, 0.29) is 5.91 Å². The normalized spacial score (nSPS) is 16.4. The van der Waals surface area contributed by atoms with Gasteiger partial charge in [-0.25, -0.2) is 4.98 Å². The van der Waals surface area contributed by atoms with Crippen LogP contribution in [0.5, 0.6) is 0 Å². The molecule has 0 bridgehead atoms. The largest absolute Gasteiger partial charge is 0.356 e. The zero-order valence-corrected chi connectivity index (χ0v) is 14.1. The molecule has 0 unspecified atom stereocenters. The predicted molar refractivity (Wildman–Crippen MR) is 89.0 cm³/mol. The first-order chi connectivity index (χ1) is 11.7. The van der Waals surface area contributed by atoms with Crippen molar-refractivity contribution in [1.29, 1.82) is 0 Å². The summed E-state index contributed by atoms with van der Waals surface area (Å²) in [7, 11) is 0. The van der Waals surface area contributed by atoms with E-state index in [1.54, 1.807) is 10.9 Å². The van der Waals surface area contributed by atoms with Crippen LogP contribution >= 0.6 is 0 Å². The second kappa shape index (κ2) is 8.05. The Morgan fingerprint density at radius 3 is 2.92 bits per heavy atom. The molecule has 2 N–H and O–H groups in total. The highest BCUT2D eigenvalue weighted by atomic mass is 16.1. The topological polar surface area (TPSA) is 91.7 Å². The standard InChI is InChI=1S/C16H25N7O/c1-13-19-15(21-20-13)12-22-8-3-14(4-9-22)11-17-16(24)5-10-23-7-2-6-18-23/h2,6-7,14H,3-5,8-12H2,1H3,(H,17,24)(H,19,20,21). The van der Waals surface area contributed by atoms with Crippen molar-refractivity contribution in [3.63, 3.8) is 0 Å². The lowest BCUT2D eigenvalue weighted by atomic mass is 9.97. The van der Waals surface area contributed by atoms with Gasteiger partial charge in [0, 0.05) is 31.9 Å². The molecule has 0 aliphatic carbocycles. The number of piperidine rings is 1. The summed E-state index contributed by atoms with van der Waals surface area (Å²) in [5.74, 6) is 2.38. The van der Waals surface area contributed by atoms with Crippen LogP contribution in [-0.4, -0.2) is 55.4 Å². The van der Waals surface area contributed by atoms with Crippen molar-refractivity contribution in [2.75, 3.05) is 19.6 Å². The van der Waals surface area contributed by atoms with Gasteiger partial charge in [-0.1, -0.05) is 0 Å². The summed E-state index contributed by atoms with van der Waals surface area (Å²) in [6, 6.07) is 1.87. The molecule has 0 aromatic carbocycles. The minimum atomic E-state index is 0.101. The number of hydrogen-bond donors (Lipinski definition) is 2. The third-order valence-corrected chi connectivity index (χ3v) is 4.43. The van der Waals surface area contributed by atoms with Gasteiger partial charge in [0.25, 0.3) is 0 Å². The number of H-pyrrole nitrogens is 1. The highest BCUT2D eigenvalue weighted by molar-refractivity contribution is 5.75. The summed E-state index contributed by atoms with van der Waals surface area (Å²) in [6.07, 6.45) is 6.28. The molecule has 1 amide bonds. The number of aromatic nitrogens is 5. The molecule has 0 radical (unpaired) electrons. The first-order valence-electron chi connectivity index (χ1n) is 8.53. The van der Waals surface area contributed by atoms with Crippen molar-refractivity contribution >= 4 is 5.91 Å². The Morgan fingerprint density at radius 1 is 1.42 bits per heavy atom. The fourth-order valence-electron chi connectivity index (χ4n) is 3.00. The van der Waals surface area contributed by atoms with Crippen LogP contribution in [0, 0.1) is 12.8 Å². The lowest BCUT2D eigenvalue weighted by Crippen LogP contribution is -2.38. The van der Waals surface area contributed by atoms with E-state index in [2.05, 4.69) is 30.5 Å². The van der Waals surface area contributed by atoms with Crippen LogP contribution < -0.4 is 5.32 Å². The molecule has 3 heterocycles. The Bertz CT molecular complexity index is 629. The van der Waals surface area contributed by atoms with Gasteiger partial charge in [0.2, 0.25) is 5.91 Å². The van der Waals surface area contributed by atoms with E-state index in [0.29, 0.717) is 18.9 Å². The molecule has 0 saturated carbocycles. The van der Waals surface area contributed by atoms with E-state index >= 15 is 0 Å². The third-order valence-electron chi connectivity index (χ3n) is 4.43. The number of carbonyl (C=O) groups is 1. The van der Waals surface area contributed by atoms with Gasteiger partial charge in [-0.2, -0.15) is 10.2 Å². The molecule has 8 heteroatoms. The van der Waals surface area contributed by atoms with Crippen molar-refractivity contribution in [2.45, 2.75) is 39.3 Å². The number of nitrogens with zero attached hydrogens (tertiary/aromatic N) is 5. The third kappa shape index (κ3) is 4.89. The molecule has 1 aliphatic rings. The second-order valence-electron chi connectivity index (χ2n) is 6.38. The predicted octanol–water partition coefficient (Wildman–Crippen LogP) is 0.728. The number of nitrogens with one attached hydrogen (secondary N) is 2. The molecule has 1 fully saturated rings. The lowest BCUT2D eigenvalue weighted by Gasteiger charge is -2.31. The molecular weight excluding hydrogens is 306 g/mol. The Labute approximate surface area is 141 Å². The molecule has 1 saturated heterocycles. The number of carbonyl (C=O) groups excluding carboxylic acids is 1. The number of hydrogen-bond acceptors (Lipinski definition) is 5. The van der Waals surface area contributed by atoms with E-state index in [1.807, 2.05) is 19.2 Å². The Balaban J connectivity index is 1.31. The van der Waals surface area contributed by atoms with E-state index in [0.717, 1.165) is 50.7 Å². The molecular formula is C16H25N7O. The highest BCUT2D eigenvalue weighted by Gasteiger charge is 2.20. The monoisotopic (exact) mass is 331 g/mol. The average molecular weight is 331 g/mol. The van der Waals surface area contributed by atoms with Crippen molar-refractivity contribution in [3.8, 4) is 0 Å². The Kier molecular flexibility index (Phi) is 5.58. The van der Waals surface area contributed by atoms with Gasteiger partial charge in [0.05, 0.1) is 6.54 Å². The van der Waals surface area contributed by atoms with Gasteiger partial charge in [-0.15, -0.1) is 0 Å². The SMILES string of the molecule is Cc1nc(CN2CCC(CNC(=O)CCn3cccn3)CC2)n[nH]1. The van der Waals surface area contributed by atoms with Crippen LogP contribution in [0.15, 0.2) is 18.5 Å². The van der Waals surface area contributed by atoms with Crippen LogP contribution in [0.2, 0.25) is 0 Å². The summed E-state index contributed by atoms with van der Waals surface area (Å²) in [5.41, 5.74) is 0. The maximum Gasteiger partial charge on any atom is 0.221 e. The number of rotatable bonds is 7. The summed E-state index contributed by atoms with van der Waals surface area (Å²) >= 11 is 0. The smallest absolute Gasteiger partial charge is 0.221 e. The second-order valence-corrected chi connectivity index (χ2v) is 6.38. The summed E-state index contributed by atoms with van der Waals surface area (Å²) in [6.45, 7) is 6.17. The number of aromatic amines is 1. The minimum Gasteiger partial charge on any atom is -0.356 e. The summed E-state index contributed by atoms with van der Waals surface area (Å²) in [5, 5.41) is 14.2. The molecule has 130 valence electrons. The highest BCUT2D eigenvalue weighted by Crippen LogP contribution is 2.17. The van der Waals surface area contributed by atoms with Crippen LogP contribution in [0.25, 0.3) is 0 Å². The van der Waals surface area contributed by atoms with Crippen LogP contribution in [0.3, 0.4) is 0 Å². The summed E-state index contributed by atoms with van der Waals surface area (Å²) < 4.78 is 1.78. The van der Waals surface area contributed by atoms with Gasteiger partial charge >= 0.3 is 0 Å². The maximum absolute atomic E-state index is 11.9. The Hall–Kier alpha value is -2.22.